The Morgan fingerprint density at radius 1 is 1.30 bits per heavy atom. The molecule has 0 aliphatic carbocycles. The highest BCUT2D eigenvalue weighted by Gasteiger charge is 2.32. The van der Waals surface area contributed by atoms with E-state index in [1.54, 1.807) is 14.2 Å². The molecule has 30 heavy (non-hydrogen) atoms. The molecule has 0 spiro atoms. The fourth-order valence-electron chi connectivity index (χ4n) is 4.33. The predicted molar refractivity (Wildman–Crippen MR) is 113 cm³/mol. The molecule has 0 radical (unpaired) electrons. The number of hydrogen-bond acceptors (Lipinski definition) is 5. The average molecular weight is 411 g/mol. The number of hydrogen-bond donors (Lipinski definition) is 0. The second-order valence-corrected chi connectivity index (χ2v) is 7.63. The molecule has 1 unspecified atom stereocenters. The Bertz CT molecular complexity index is 945. The molecule has 1 aliphatic heterocycles. The fraction of sp³-hybridized carbons (Fsp3) is 0.522. The summed E-state index contributed by atoms with van der Waals surface area (Å²) in [5.74, 6) is 1.69. The van der Waals surface area contributed by atoms with Crippen molar-refractivity contribution in [3.63, 3.8) is 0 Å². The van der Waals surface area contributed by atoms with Crippen LogP contribution in [0.15, 0.2) is 18.2 Å². The van der Waals surface area contributed by atoms with E-state index in [1.807, 2.05) is 41.6 Å². The van der Waals surface area contributed by atoms with Crippen LogP contribution in [0, 0.1) is 25.2 Å². The quantitative estimate of drug-likeness (QED) is 0.662. The van der Waals surface area contributed by atoms with Crippen LogP contribution in [0.1, 0.15) is 54.2 Å². The number of rotatable bonds is 8. The van der Waals surface area contributed by atoms with Crippen molar-refractivity contribution < 1.29 is 14.3 Å². The largest absolute Gasteiger partial charge is 0.497 e. The lowest BCUT2D eigenvalue weighted by molar-refractivity contribution is -0.132. The van der Waals surface area contributed by atoms with E-state index in [-0.39, 0.29) is 11.9 Å². The summed E-state index contributed by atoms with van der Waals surface area (Å²) in [6.07, 6.45) is 3.41. The van der Waals surface area contributed by atoms with Crippen LogP contribution in [0.25, 0.3) is 0 Å². The van der Waals surface area contributed by atoms with Gasteiger partial charge in [0.15, 0.2) is 0 Å². The third-order valence-corrected chi connectivity index (χ3v) is 5.92. The van der Waals surface area contributed by atoms with Gasteiger partial charge in [0.05, 0.1) is 45.0 Å². The number of likely N-dealkylation sites (tertiary alicyclic amines) is 1. The number of amides is 1. The van der Waals surface area contributed by atoms with Gasteiger partial charge in [-0.3, -0.25) is 9.48 Å². The maximum atomic E-state index is 13.1. The molecule has 1 saturated heterocycles. The van der Waals surface area contributed by atoms with Crippen molar-refractivity contribution in [2.45, 2.75) is 58.5 Å². The molecule has 0 N–H and O–H groups in total. The predicted octanol–water partition coefficient (Wildman–Crippen LogP) is 3.73. The fourth-order valence-corrected chi connectivity index (χ4v) is 4.33. The number of ether oxygens (including phenoxy) is 2. The highest BCUT2D eigenvalue weighted by molar-refractivity contribution is 5.77. The van der Waals surface area contributed by atoms with Crippen LogP contribution in [0.4, 0.5) is 0 Å². The Kier molecular flexibility index (Phi) is 6.99. The normalized spacial score (nSPS) is 15.8. The Labute approximate surface area is 178 Å². The number of aryl methyl sites for hydroxylation is 2. The van der Waals surface area contributed by atoms with Crippen LogP contribution < -0.4 is 9.47 Å². The molecule has 0 bridgehead atoms. The maximum absolute atomic E-state index is 13.1. The van der Waals surface area contributed by atoms with Gasteiger partial charge in [0, 0.05) is 24.2 Å². The topological polar surface area (TPSA) is 80.4 Å². The number of methoxy groups -OCH3 is 2. The van der Waals surface area contributed by atoms with E-state index >= 15 is 0 Å². The Morgan fingerprint density at radius 2 is 2.10 bits per heavy atom. The monoisotopic (exact) mass is 410 g/mol. The van der Waals surface area contributed by atoms with Gasteiger partial charge in [0.25, 0.3) is 0 Å². The van der Waals surface area contributed by atoms with Crippen molar-refractivity contribution >= 4 is 5.91 Å². The van der Waals surface area contributed by atoms with E-state index in [1.165, 1.54) is 0 Å². The van der Waals surface area contributed by atoms with Crippen molar-refractivity contribution in [1.29, 1.82) is 5.26 Å². The van der Waals surface area contributed by atoms with Gasteiger partial charge in [-0.25, -0.2) is 0 Å². The minimum absolute atomic E-state index is 0.00287. The van der Waals surface area contributed by atoms with Gasteiger partial charge in [-0.2, -0.15) is 10.4 Å². The van der Waals surface area contributed by atoms with Crippen LogP contribution in [0.5, 0.6) is 11.5 Å². The molecule has 2 aromatic rings. The summed E-state index contributed by atoms with van der Waals surface area (Å²) in [5, 5.41) is 13.4. The molecule has 2 heterocycles. The average Bonchev–Trinajstić information content (AvgIpc) is 3.35. The summed E-state index contributed by atoms with van der Waals surface area (Å²) in [6, 6.07) is 7.91. The van der Waals surface area contributed by atoms with Crippen LogP contribution in [-0.2, 0) is 17.8 Å². The smallest absolute Gasteiger partial charge is 0.223 e. The lowest BCUT2D eigenvalue weighted by Crippen LogP contribution is -2.31. The van der Waals surface area contributed by atoms with E-state index < -0.39 is 0 Å². The zero-order chi connectivity index (χ0) is 21.7. The highest BCUT2D eigenvalue weighted by Crippen LogP contribution is 2.39. The lowest BCUT2D eigenvalue weighted by Gasteiger charge is -2.27. The van der Waals surface area contributed by atoms with E-state index in [0.717, 1.165) is 53.4 Å². The molecular weight excluding hydrogens is 380 g/mol. The third kappa shape index (κ3) is 4.43. The Morgan fingerprint density at radius 3 is 2.80 bits per heavy atom. The number of benzene rings is 1. The zero-order valence-electron chi connectivity index (χ0n) is 18.3. The van der Waals surface area contributed by atoms with Gasteiger partial charge in [-0.15, -0.1) is 0 Å². The van der Waals surface area contributed by atoms with Gasteiger partial charge < -0.3 is 14.4 Å². The molecule has 1 aromatic heterocycles. The molecule has 1 aromatic carbocycles. The molecule has 1 aliphatic rings. The first-order chi connectivity index (χ1) is 14.5. The van der Waals surface area contributed by atoms with Crippen LogP contribution in [0.3, 0.4) is 0 Å². The van der Waals surface area contributed by atoms with Gasteiger partial charge in [0.2, 0.25) is 5.91 Å². The maximum Gasteiger partial charge on any atom is 0.223 e. The second kappa shape index (κ2) is 9.66. The van der Waals surface area contributed by atoms with Crippen molar-refractivity contribution in [2.24, 2.45) is 0 Å². The first-order valence-electron chi connectivity index (χ1n) is 10.4. The van der Waals surface area contributed by atoms with Crippen molar-refractivity contribution in [3.05, 3.63) is 40.7 Å². The molecule has 3 rings (SSSR count). The second-order valence-electron chi connectivity index (χ2n) is 7.63. The molecule has 7 nitrogen and oxygen atoms in total. The number of carbonyl (C=O) groups is 1. The lowest BCUT2D eigenvalue weighted by atomic mass is 10.0. The molecule has 160 valence electrons. The summed E-state index contributed by atoms with van der Waals surface area (Å²) in [6.45, 7) is 5.32. The summed E-state index contributed by atoms with van der Waals surface area (Å²) in [5.41, 5.74) is 4.09. The van der Waals surface area contributed by atoms with Gasteiger partial charge in [-0.1, -0.05) is 0 Å². The Balaban J connectivity index is 1.73. The van der Waals surface area contributed by atoms with E-state index in [4.69, 9.17) is 14.7 Å². The number of carbonyl (C=O) groups excluding carboxylic acids is 1. The summed E-state index contributed by atoms with van der Waals surface area (Å²) < 4.78 is 12.8. The summed E-state index contributed by atoms with van der Waals surface area (Å²) in [7, 11) is 3.30. The number of aromatic nitrogens is 2. The SMILES string of the molecule is COc1ccc(OC)c(C2CCCN2C(=O)CCc2c(C)nn(CCC#N)c2C)c1. The molecular formula is C23H30N4O3. The molecule has 1 atom stereocenters. The van der Waals surface area contributed by atoms with E-state index in [2.05, 4.69) is 11.2 Å². The molecule has 1 fully saturated rings. The van der Waals surface area contributed by atoms with Crippen molar-refractivity contribution in [3.8, 4) is 17.6 Å². The molecule has 0 saturated carbocycles. The van der Waals surface area contributed by atoms with Crippen molar-refractivity contribution in [2.75, 3.05) is 20.8 Å². The first-order valence-corrected chi connectivity index (χ1v) is 10.4. The van der Waals surface area contributed by atoms with Gasteiger partial charge >= 0.3 is 0 Å². The van der Waals surface area contributed by atoms with E-state index in [9.17, 15) is 4.79 Å². The van der Waals surface area contributed by atoms with Crippen molar-refractivity contribution in [1.82, 2.24) is 14.7 Å². The standard InChI is InChI=1S/C23H30N4O3/c1-16-19(17(2)27(25-16)14-6-12-24)9-11-23(28)26-13-5-7-21(26)20-15-18(29-3)8-10-22(20)30-4/h8,10,15,21H,5-7,9,11,13-14H2,1-4H3. The Hall–Kier alpha value is -3.01. The van der Waals surface area contributed by atoms with Crippen LogP contribution in [-0.4, -0.2) is 41.4 Å². The number of nitrogens with zero attached hydrogens (tertiary/aromatic N) is 4. The van der Waals surface area contributed by atoms with Crippen LogP contribution in [0.2, 0.25) is 0 Å². The highest BCUT2D eigenvalue weighted by atomic mass is 16.5. The van der Waals surface area contributed by atoms with Crippen LogP contribution >= 0.6 is 0 Å². The third-order valence-electron chi connectivity index (χ3n) is 5.92. The first kappa shape index (κ1) is 21.7. The summed E-state index contributed by atoms with van der Waals surface area (Å²) in [4.78, 5) is 15.1. The number of nitriles is 1. The van der Waals surface area contributed by atoms with E-state index in [0.29, 0.717) is 25.8 Å². The molecule has 7 heteroatoms. The minimum atomic E-state index is 0.00287. The summed E-state index contributed by atoms with van der Waals surface area (Å²) >= 11 is 0. The zero-order valence-corrected chi connectivity index (χ0v) is 18.3. The van der Waals surface area contributed by atoms with Gasteiger partial charge in [-0.05, 0) is 56.9 Å². The minimum Gasteiger partial charge on any atom is -0.497 e. The molecule has 1 amide bonds. The van der Waals surface area contributed by atoms with Gasteiger partial charge in [0.1, 0.15) is 11.5 Å².